The Morgan fingerprint density at radius 2 is 1.79 bits per heavy atom. The first-order valence-corrected chi connectivity index (χ1v) is 9.94. The van der Waals surface area contributed by atoms with Gasteiger partial charge in [-0.05, 0) is 48.2 Å². The fraction of sp³-hybridized carbons (Fsp3) is 0.409. The zero-order chi connectivity index (χ0) is 20.4. The summed E-state index contributed by atoms with van der Waals surface area (Å²) in [4.78, 5) is 14.6. The number of nitrogens with one attached hydrogen (secondary N) is 2. The van der Waals surface area contributed by atoms with E-state index in [0.29, 0.717) is 25.1 Å². The normalized spacial score (nSPS) is 22.9. The van der Waals surface area contributed by atoms with Gasteiger partial charge in [-0.15, -0.1) is 0 Å². The zero-order valence-electron chi connectivity index (χ0n) is 16.0. The van der Waals surface area contributed by atoms with Crippen molar-refractivity contribution in [3.63, 3.8) is 0 Å². The minimum absolute atomic E-state index is 0.0192. The number of piperazine rings is 1. The van der Waals surface area contributed by atoms with E-state index in [9.17, 15) is 18.0 Å². The van der Waals surface area contributed by atoms with Crippen molar-refractivity contribution in [2.45, 2.75) is 25.1 Å². The van der Waals surface area contributed by atoms with Crippen molar-refractivity contribution < 1.29 is 18.0 Å². The first-order valence-electron chi connectivity index (χ1n) is 9.94. The van der Waals surface area contributed by atoms with Crippen LogP contribution in [0.2, 0.25) is 0 Å². The molecule has 2 N–H and O–H groups in total. The van der Waals surface area contributed by atoms with Crippen LogP contribution in [0.15, 0.2) is 48.5 Å². The number of benzene rings is 2. The van der Waals surface area contributed by atoms with Gasteiger partial charge in [0.1, 0.15) is 0 Å². The van der Waals surface area contributed by atoms with Crippen LogP contribution in [0.3, 0.4) is 0 Å². The molecule has 2 heterocycles. The summed E-state index contributed by atoms with van der Waals surface area (Å²) in [5.74, 6) is -0.177. The Hall–Kier alpha value is -2.38. The highest BCUT2D eigenvalue weighted by atomic mass is 19.4. The fourth-order valence-electron chi connectivity index (χ4n) is 4.21. The van der Waals surface area contributed by atoms with Gasteiger partial charge in [0.15, 0.2) is 0 Å². The number of alkyl halides is 3. The first kappa shape index (κ1) is 19.9. The van der Waals surface area contributed by atoms with E-state index >= 15 is 0 Å². The van der Waals surface area contributed by atoms with Crippen molar-refractivity contribution in [3.05, 3.63) is 65.2 Å². The topological polar surface area (TPSA) is 44.4 Å². The molecule has 2 saturated heterocycles. The molecule has 0 spiro atoms. The van der Waals surface area contributed by atoms with Gasteiger partial charge < -0.3 is 15.5 Å². The second-order valence-electron chi connectivity index (χ2n) is 7.63. The minimum atomic E-state index is -4.37. The van der Waals surface area contributed by atoms with Crippen LogP contribution in [-0.2, 0) is 17.4 Å². The lowest BCUT2D eigenvalue weighted by Gasteiger charge is -2.27. The number of amides is 1. The van der Waals surface area contributed by atoms with Crippen LogP contribution < -0.4 is 15.5 Å². The highest BCUT2D eigenvalue weighted by Gasteiger charge is 2.34. The second kappa shape index (κ2) is 8.16. The van der Waals surface area contributed by atoms with Crippen LogP contribution in [0, 0.1) is 5.92 Å². The van der Waals surface area contributed by atoms with Crippen molar-refractivity contribution in [3.8, 4) is 0 Å². The van der Waals surface area contributed by atoms with E-state index in [1.807, 2.05) is 12.1 Å². The van der Waals surface area contributed by atoms with E-state index in [2.05, 4.69) is 22.8 Å². The molecule has 2 atom stereocenters. The Labute approximate surface area is 168 Å². The largest absolute Gasteiger partial charge is 0.416 e. The molecule has 2 aliphatic rings. The van der Waals surface area contributed by atoms with E-state index in [1.54, 1.807) is 4.90 Å². The molecule has 2 aromatic carbocycles. The van der Waals surface area contributed by atoms with E-state index < -0.39 is 11.7 Å². The number of carbonyl (C=O) groups excluding carboxylic acids is 1. The Morgan fingerprint density at radius 1 is 1.03 bits per heavy atom. The fourth-order valence-corrected chi connectivity index (χ4v) is 4.21. The molecule has 0 radical (unpaired) electrons. The number of nitrogens with zero attached hydrogens (tertiary/aromatic N) is 1. The summed E-state index contributed by atoms with van der Waals surface area (Å²) in [7, 11) is 0. The smallest absolute Gasteiger partial charge is 0.314 e. The lowest BCUT2D eigenvalue weighted by molar-refractivity contribution is -0.137. The van der Waals surface area contributed by atoms with Gasteiger partial charge in [-0.2, -0.15) is 13.2 Å². The summed E-state index contributed by atoms with van der Waals surface area (Å²) in [5.41, 5.74) is 2.19. The molecular formula is C22H24F3N3O. The molecule has 154 valence electrons. The van der Waals surface area contributed by atoms with Gasteiger partial charge in [-0.1, -0.05) is 24.3 Å². The average molecular weight is 403 g/mol. The van der Waals surface area contributed by atoms with Crippen molar-refractivity contribution in [2.24, 2.45) is 5.92 Å². The molecule has 1 amide bonds. The Bertz CT molecular complexity index is 860. The van der Waals surface area contributed by atoms with E-state index in [4.69, 9.17) is 0 Å². The molecule has 0 aliphatic carbocycles. The zero-order valence-corrected chi connectivity index (χ0v) is 16.0. The molecule has 29 heavy (non-hydrogen) atoms. The molecule has 0 aromatic heterocycles. The van der Waals surface area contributed by atoms with Gasteiger partial charge in [0.05, 0.1) is 5.56 Å². The standard InChI is InChI=1S/C22H24F3N3O/c23-22(24,25)17-5-7-18(8-6-17)28-12-9-16(21(28)29)13-15-3-1-2-4-19(15)20-14-26-10-11-27-20/h1-8,16,20,26-27H,9-14H2. The minimum Gasteiger partial charge on any atom is -0.314 e. The van der Waals surface area contributed by atoms with Crippen molar-refractivity contribution in [2.75, 3.05) is 31.1 Å². The van der Waals surface area contributed by atoms with Gasteiger partial charge in [0, 0.05) is 43.8 Å². The second-order valence-corrected chi connectivity index (χ2v) is 7.63. The molecule has 0 saturated carbocycles. The molecule has 2 aromatic rings. The molecule has 2 aliphatic heterocycles. The van der Waals surface area contributed by atoms with E-state index in [0.717, 1.165) is 37.3 Å². The molecule has 2 fully saturated rings. The number of hydrogen-bond donors (Lipinski definition) is 2. The number of rotatable bonds is 4. The third-order valence-electron chi connectivity index (χ3n) is 5.76. The Balaban J connectivity index is 1.47. The Morgan fingerprint density at radius 3 is 2.48 bits per heavy atom. The quantitative estimate of drug-likeness (QED) is 0.821. The van der Waals surface area contributed by atoms with Crippen LogP contribution in [0.5, 0.6) is 0 Å². The van der Waals surface area contributed by atoms with Gasteiger partial charge in [-0.25, -0.2) is 0 Å². The maximum atomic E-state index is 13.0. The molecule has 2 unspecified atom stereocenters. The lowest BCUT2D eigenvalue weighted by atomic mass is 9.91. The number of carbonyl (C=O) groups is 1. The molecule has 0 bridgehead atoms. The van der Waals surface area contributed by atoms with Crippen LogP contribution in [0.1, 0.15) is 29.2 Å². The predicted molar refractivity (Wildman–Crippen MR) is 106 cm³/mol. The van der Waals surface area contributed by atoms with Crippen molar-refractivity contribution in [1.29, 1.82) is 0 Å². The Kier molecular flexibility index (Phi) is 5.61. The first-order chi connectivity index (χ1) is 13.9. The maximum Gasteiger partial charge on any atom is 0.416 e. The summed E-state index contributed by atoms with van der Waals surface area (Å²) >= 11 is 0. The third kappa shape index (κ3) is 4.31. The molecule has 4 nitrogen and oxygen atoms in total. The summed E-state index contributed by atoms with van der Waals surface area (Å²) in [6.45, 7) is 3.23. The highest BCUT2D eigenvalue weighted by Crippen LogP contribution is 2.33. The average Bonchev–Trinajstić information content (AvgIpc) is 3.09. The van der Waals surface area contributed by atoms with Crippen LogP contribution >= 0.6 is 0 Å². The summed E-state index contributed by atoms with van der Waals surface area (Å²) < 4.78 is 38.3. The third-order valence-corrected chi connectivity index (χ3v) is 5.76. The van der Waals surface area contributed by atoms with Crippen LogP contribution in [-0.4, -0.2) is 32.1 Å². The molecule has 4 rings (SSSR count). The van der Waals surface area contributed by atoms with Crippen LogP contribution in [0.4, 0.5) is 18.9 Å². The summed E-state index contributed by atoms with van der Waals surface area (Å²) in [6, 6.07) is 13.2. The summed E-state index contributed by atoms with van der Waals surface area (Å²) in [6.07, 6.45) is -3.03. The van der Waals surface area contributed by atoms with E-state index in [1.165, 1.54) is 17.7 Å². The molecular weight excluding hydrogens is 379 g/mol. The maximum absolute atomic E-state index is 13.0. The number of hydrogen-bond acceptors (Lipinski definition) is 3. The monoisotopic (exact) mass is 403 g/mol. The van der Waals surface area contributed by atoms with Crippen molar-refractivity contribution >= 4 is 11.6 Å². The van der Waals surface area contributed by atoms with E-state index in [-0.39, 0.29) is 17.9 Å². The van der Waals surface area contributed by atoms with Gasteiger partial charge in [0.25, 0.3) is 0 Å². The number of anilines is 1. The van der Waals surface area contributed by atoms with Gasteiger partial charge in [-0.3, -0.25) is 4.79 Å². The SMILES string of the molecule is O=C1C(Cc2ccccc2C2CNCCN2)CCN1c1ccc(C(F)(F)F)cc1. The number of halogens is 3. The van der Waals surface area contributed by atoms with Crippen molar-refractivity contribution in [1.82, 2.24) is 10.6 Å². The predicted octanol–water partition coefficient (Wildman–Crippen LogP) is 3.53. The lowest BCUT2D eigenvalue weighted by Crippen LogP contribution is -2.43. The summed E-state index contributed by atoms with van der Waals surface area (Å²) in [5, 5.41) is 6.90. The highest BCUT2D eigenvalue weighted by molar-refractivity contribution is 5.97. The van der Waals surface area contributed by atoms with Gasteiger partial charge >= 0.3 is 6.18 Å². The molecule has 7 heteroatoms. The van der Waals surface area contributed by atoms with Crippen LogP contribution in [0.25, 0.3) is 0 Å². The van der Waals surface area contributed by atoms with Gasteiger partial charge in [0.2, 0.25) is 5.91 Å².